The van der Waals surface area contributed by atoms with E-state index in [9.17, 15) is 0 Å². The van der Waals surface area contributed by atoms with Gasteiger partial charge < -0.3 is 0 Å². The highest BCUT2D eigenvalue weighted by Gasteiger charge is 2.18. The summed E-state index contributed by atoms with van der Waals surface area (Å²) in [6.07, 6.45) is 4.47. The lowest BCUT2D eigenvalue weighted by atomic mass is 10.0. The summed E-state index contributed by atoms with van der Waals surface area (Å²) in [6, 6.07) is 25.7. The SMILES string of the molecule is Cc1ccc(-c2ccc(C)cc2)cc1.c1ccc2c(c1)Cc1ncncc1-2. The van der Waals surface area contributed by atoms with Crippen molar-refractivity contribution in [2.75, 3.05) is 0 Å². The third-order valence-corrected chi connectivity index (χ3v) is 4.90. The number of aryl methyl sites for hydroxylation is 2. The van der Waals surface area contributed by atoms with E-state index >= 15 is 0 Å². The first kappa shape index (κ1) is 17.2. The normalized spacial score (nSPS) is 11.2. The van der Waals surface area contributed by atoms with Gasteiger partial charge in [0.1, 0.15) is 6.33 Å². The highest BCUT2D eigenvalue weighted by atomic mass is 14.8. The fourth-order valence-corrected chi connectivity index (χ4v) is 3.33. The molecule has 2 nitrogen and oxygen atoms in total. The third-order valence-electron chi connectivity index (χ3n) is 4.90. The second-order valence-corrected chi connectivity index (χ2v) is 6.95. The molecule has 0 saturated heterocycles. The minimum Gasteiger partial charge on any atom is -0.244 e. The topological polar surface area (TPSA) is 25.8 Å². The van der Waals surface area contributed by atoms with Crippen LogP contribution in [0.25, 0.3) is 22.3 Å². The molecular formula is C25H22N2. The van der Waals surface area contributed by atoms with Crippen molar-refractivity contribution >= 4 is 0 Å². The number of fused-ring (bicyclic) bond motifs is 3. The smallest absolute Gasteiger partial charge is 0.115 e. The lowest BCUT2D eigenvalue weighted by Gasteiger charge is -2.02. The molecule has 0 amide bonds. The minimum atomic E-state index is 0.952. The Hall–Kier alpha value is -3.26. The van der Waals surface area contributed by atoms with Crippen LogP contribution in [0.4, 0.5) is 0 Å². The first-order valence-electron chi connectivity index (χ1n) is 9.21. The molecule has 0 N–H and O–H groups in total. The largest absolute Gasteiger partial charge is 0.244 e. The molecule has 1 aliphatic carbocycles. The zero-order valence-corrected chi connectivity index (χ0v) is 15.7. The molecule has 2 heteroatoms. The summed E-state index contributed by atoms with van der Waals surface area (Å²) in [6.45, 7) is 4.22. The first-order chi connectivity index (χ1) is 13.2. The van der Waals surface area contributed by atoms with Gasteiger partial charge in [0.15, 0.2) is 0 Å². The van der Waals surface area contributed by atoms with Crippen molar-refractivity contribution in [2.45, 2.75) is 20.3 Å². The Labute approximate surface area is 160 Å². The maximum absolute atomic E-state index is 4.26. The van der Waals surface area contributed by atoms with Gasteiger partial charge in [-0.25, -0.2) is 9.97 Å². The standard InChI is InChI=1S/C14H14.C11H8N2/c1-11-3-7-13(8-4-11)14-9-5-12(2)6-10-14;1-2-4-9-8(3-1)5-11-10(9)6-12-7-13-11/h3-10H,1-2H3;1-4,6-7H,5H2. The molecule has 4 aromatic rings. The van der Waals surface area contributed by atoms with Gasteiger partial charge >= 0.3 is 0 Å². The molecule has 27 heavy (non-hydrogen) atoms. The maximum atomic E-state index is 4.26. The molecule has 0 fully saturated rings. The highest BCUT2D eigenvalue weighted by Crippen LogP contribution is 2.33. The van der Waals surface area contributed by atoms with Crippen LogP contribution in [0.3, 0.4) is 0 Å². The zero-order valence-electron chi connectivity index (χ0n) is 15.7. The van der Waals surface area contributed by atoms with Gasteiger partial charge in [-0.1, -0.05) is 83.9 Å². The molecule has 0 saturated carbocycles. The van der Waals surface area contributed by atoms with Crippen LogP contribution in [0.2, 0.25) is 0 Å². The van der Waals surface area contributed by atoms with Crippen LogP contribution in [0.1, 0.15) is 22.4 Å². The van der Waals surface area contributed by atoms with Gasteiger partial charge in [0, 0.05) is 18.2 Å². The van der Waals surface area contributed by atoms with E-state index in [2.05, 4.69) is 96.6 Å². The zero-order chi connectivity index (χ0) is 18.6. The Bertz CT molecular complexity index is 961. The second kappa shape index (κ2) is 7.55. The van der Waals surface area contributed by atoms with Crippen molar-refractivity contribution in [3.63, 3.8) is 0 Å². The van der Waals surface area contributed by atoms with E-state index in [1.165, 1.54) is 38.9 Å². The van der Waals surface area contributed by atoms with Gasteiger partial charge in [0.2, 0.25) is 0 Å². The molecule has 132 valence electrons. The number of aromatic nitrogens is 2. The van der Waals surface area contributed by atoms with Gasteiger partial charge in [0.05, 0.1) is 5.69 Å². The summed E-state index contributed by atoms with van der Waals surface area (Å²) in [7, 11) is 0. The van der Waals surface area contributed by atoms with Crippen LogP contribution in [-0.4, -0.2) is 9.97 Å². The predicted molar refractivity (Wildman–Crippen MR) is 112 cm³/mol. The first-order valence-corrected chi connectivity index (χ1v) is 9.21. The fraction of sp³-hybridized carbons (Fsp3) is 0.120. The Kier molecular flexibility index (Phi) is 4.80. The lowest BCUT2D eigenvalue weighted by molar-refractivity contribution is 1.07. The molecule has 1 heterocycles. The van der Waals surface area contributed by atoms with Crippen LogP contribution < -0.4 is 0 Å². The van der Waals surface area contributed by atoms with Crippen molar-refractivity contribution in [1.29, 1.82) is 0 Å². The van der Waals surface area contributed by atoms with E-state index in [-0.39, 0.29) is 0 Å². The molecule has 0 aliphatic heterocycles. The van der Waals surface area contributed by atoms with E-state index in [0.29, 0.717) is 0 Å². The average Bonchev–Trinajstić information content (AvgIpc) is 3.09. The van der Waals surface area contributed by atoms with Crippen molar-refractivity contribution in [2.24, 2.45) is 0 Å². The average molecular weight is 350 g/mol. The van der Waals surface area contributed by atoms with Crippen LogP contribution in [0, 0.1) is 13.8 Å². The van der Waals surface area contributed by atoms with Crippen molar-refractivity contribution < 1.29 is 0 Å². The summed E-state index contributed by atoms with van der Waals surface area (Å²) in [5.41, 5.74) is 10.2. The van der Waals surface area contributed by atoms with Gasteiger partial charge in [-0.3, -0.25) is 0 Å². The van der Waals surface area contributed by atoms with Crippen molar-refractivity contribution in [1.82, 2.24) is 9.97 Å². The molecule has 5 rings (SSSR count). The number of hydrogen-bond donors (Lipinski definition) is 0. The van der Waals surface area contributed by atoms with E-state index in [4.69, 9.17) is 0 Å². The lowest BCUT2D eigenvalue weighted by Crippen LogP contribution is -1.86. The Morgan fingerprint density at radius 3 is 1.89 bits per heavy atom. The van der Waals surface area contributed by atoms with Gasteiger partial charge in [-0.05, 0) is 36.1 Å². The molecule has 1 aliphatic rings. The molecule has 0 bridgehead atoms. The maximum Gasteiger partial charge on any atom is 0.115 e. The van der Waals surface area contributed by atoms with Crippen LogP contribution in [0.15, 0.2) is 85.3 Å². The molecule has 0 spiro atoms. The number of nitrogens with zero attached hydrogens (tertiary/aromatic N) is 2. The monoisotopic (exact) mass is 350 g/mol. The third kappa shape index (κ3) is 3.80. The Balaban J connectivity index is 0.000000134. The number of benzene rings is 3. The summed E-state index contributed by atoms with van der Waals surface area (Å²) in [5, 5.41) is 0. The van der Waals surface area contributed by atoms with Crippen molar-refractivity contribution in [3.8, 4) is 22.3 Å². The van der Waals surface area contributed by atoms with E-state index in [1.54, 1.807) is 6.33 Å². The van der Waals surface area contributed by atoms with Crippen LogP contribution >= 0.6 is 0 Å². The summed E-state index contributed by atoms with van der Waals surface area (Å²) < 4.78 is 0. The van der Waals surface area contributed by atoms with Crippen LogP contribution in [-0.2, 0) is 6.42 Å². The van der Waals surface area contributed by atoms with Crippen LogP contribution in [0.5, 0.6) is 0 Å². The summed E-state index contributed by atoms with van der Waals surface area (Å²) in [4.78, 5) is 8.31. The second-order valence-electron chi connectivity index (χ2n) is 6.95. The van der Waals surface area contributed by atoms with E-state index in [1.807, 2.05) is 6.20 Å². The van der Waals surface area contributed by atoms with E-state index < -0.39 is 0 Å². The summed E-state index contributed by atoms with van der Waals surface area (Å²) in [5.74, 6) is 0. The number of rotatable bonds is 1. The molecule has 0 unspecified atom stereocenters. The molecule has 3 aromatic carbocycles. The van der Waals surface area contributed by atoms with Gasteiger partial charge in [-0.15, -0.1) is 0 Å². The molecule has 1 aromatic heterocycles. The van der Waals surface area contributed by atoms with Gasteiger partial charge in [-0.2, -0.15) is 0 Å². The quantitative estimate of drug-likeness (QED) is 0.369. The highest BCUT2D eigenvalue weighted by molar-refractivity contribution is 5.74. The van der Waals surface area contributed by atoms with Crippen molar-refractivity contribution in [3.05, 3.63) is 108 Å². The fourth-order valence-electron chi connectivity index (χ4n) is 3.33. The Morgan fingerprint density at radius 1 is 0.667 bits per heavy atom. The van der Waals surface area contributed by atoms with Gasteiger partial charge in [0.25, 0.3) is 0 Å². The molecule has 0 radical (unpaired) electrons. The molecular weight excluding hydrogens is 328 g/mol. The summed E-state index contributed by atoms with van der Waals surface area (Å²) >= 11 is 0. The number of hydrogen-bond acceptors (Lipinski definition) is 2. The minimum absolute atomic E-state index is 0.952. The Morgan fingerprint density at radius 2 is 1.26 bits per heavy atom. The van der Waals surface area contributed by atoms with E-state index in [0.717, 1.165) is 12.1 Å². The predicted octanol–water partition coefficient (Wildman–Crippen LogP) is 6.02. The molecule has 0 atom stereocenters.